The fourth-order valence-corrected chi connectivity index (χ4v) is 6.06. The Balaban J connectivity index is 1.34. The number of likely N-dealkylation sites (tertiary alicyclic amines) is 1. The van der Waals surface area contributed by atoms with Crippen LogP contribution in [-0.4, -0.2) is 69.8 Å². The number of anilines is 1. The van der Waals surface area contributed by atoms with Crippen molar-refractivity contribution in [3.05, 3.63) is 22.9 Å². The first-order valence-electron chi connectivity index (χ1n) is 12.0. The molecule has 192 valence electrons. The number of imidazole rings is 1. The van der Waals surface area contributed by atoms with Gasteiger partial charge < -0.3 is 29.4 Å². The monoisotopic (exact) mass is 576 g/mol. The molecule has 2 aliphatic rings. The van der Waals surface area contributed by atoms with Crippen molar-refractivity contribution in [2.75, 3.05) is 39.1 Å². The maximum atomic E-state index is 12.4. The average molecular weight is 578 g/mol. The minimum Gasteiger partial charge on any atom is -0.486 e. The van der Waals surface area contributed by atoms with Gasteiger partial charge in [-0.05, 0) is 60.2 Å². The molecule has 0 bridgehead atoms. The summed E-state index contributed by atoms with van der Waals surface area (Å²) in [7, 11) is 1.57. The highest BCUT2D eigenvalue weighted by Crippen LogP contribution is 2.42. The van der Waals surface area contributed by atoms with E-state index >= 15 is 0 Å². The van der Waals surface area contributed by atoms with Crippen molar-refractivity contribution in [1.82, 2.24) is 24.4 Å². The Morgan fingerprint density at radius 2 is 1.97 bits per heavy atom. The number of carbonyl (C=O) groups excluding carboxylic acids is 1. The number of piperidine rings is 1. The van der Waals surface area contributed by atoms with Gasteiger partial charge in [-0.15, -0.1) is 0 Å². The lowest BCUT2D eigenvalue weighted by Gasteiger charge is -2.33. The SMILES string of the molecule is CO[C@H](C)C(=O)N1CCC(CCn2c(Sc3cc4c(cc3Br)OCCO4)nc3c(N)ncnc32)CC1. The molecule has 1 amide bonds. The van der Waals surface area contributed by atoms with Crippen LogP contribution < -0.4 is 15.2 Å². The summed E-state index contributed by atoms with van der Waals surface area (Å²) >= 11 is 5.19. The zero-order valence-corrected chi connectivity index (χ0v) is 22.7. The summed E-state index contributed by atoms with van der Waals surface area (Å²) in [6.45, 7) is 5.11. The second-order valence-corrected chi connectivity index (χ2v) is 10.8. The standard InChI is InChI=1S/C24H29BrN6O4S/c1-14(33-2)23(32)30-6-3-15(4-7-30)5-8-31-22-20(21(26)27-13-28-22)29-24(31)36-19-12-18-17(11-16(19)25)34-9-10-35-18/h11-15H,3-10H2,1-2H3,(H2,26,27,28)/t14-/m1/s1. The molecular weight excluding hydrogens is 548 g/mol. The van der Waals surface area contributed by atoms with Crippen molar-refractivity contribution < 1.29 is 19.0 Å². The van der Waals surface area contributed by atoms with E-state index in [0.29, 0.717) is 30.5 Å². The van der Waals surface area contributed by atoms with E-state index in [4.69, 9.17) is 24.9 Å². The fraction of sp³-hybridized carbons (Fsp3) is 0.500. The van der Waals surface area contributed by atoms with Gasteiger partial charge in [0.05, 0.1) is 0 Å². The molecule has 5 rings (SSSR count). The highest BCUT2D eigenvalue weighted by Gasteiger charge is 2.27. The van der Waals surface area contributed by atoms with Gasteiger partial charge in [0, 0.05) is 36.1 Å². The van der Waals surface area contributed by atoms with Crippen LogP contribution in [0.25, 0.3) is 11.2 Å². The molecule has 3 aromatic rings. The lowest BCUT2D eigenvalue weighted by Crippen LogP contribution is -2.43. The first kappa shape index (κ1) is 25.1. The van der Waals surface area contributed by atoms with Crippen molar-refractivity contribution in [3.8, 4) is 11.5 Å². The first-order valence-corrected chi connectivity index (χ1v) is 13.6. The van der Waals surface area contributed by atoms with Crippen molar-refractivity contribution in [3.63, 3.8) is 0 Å². The number of amides is 1. The maximum absolute atomic E-state index is 12.4. The van der Waals surface area contributed by atoms with Gasteiger partial charge in [-0.1, -0.05) is 11.8 Å². The molecule has 0 aliphatic carbocycles. The van der Waals surface area contributed by atoms with Gasteiger partial charge in [-0.25, -0.2) is 15.0 Å². The number of fused-ring (bicyclic) bond motifs is 2. The lowest BCUT2D eigenvalue weighted by atomic mass is 9.93. The third-order valence-electron chi connectivity index (χ3n) is 6.71. The maximum Gasteiger partial charge on any atom is 0.251 e. The van der Waals surface area contributed by atoms with E-state index in [1.807, 2.05) is 17.0 Å². The van der Waals surface area contributed by atoms with E-state index in [-0.39, 0.29) is 5.91 Å². The number of nitrogens with two attached hydrogens (primary N) is 1. The van der Waals surface area contributed by atoms with Crippen LogP contribution in [-0.2, 0) is 16.1 Å². The number of rotatable bonds is 7. The molecule has 2 N–H and O–H groups in total. The molecule has 12 heteroatoms. The van der Waals surface area contributed by atoms with E-state index in [1.165, 1.54) is 18.1 Å². The lowest BCUT2D eigenvalue weighted by molar-refractivity contribution is -0.142. The number of hydrogen-bond donors (Lipinski definition) is 1. The third kappa shape index (κ3) is 5.12. The summed E-state index contributed by atoms with van der Waals surface area (Å²) in [5.41, 5.74) is 7.46. The van der Waals surface area contributed by atoms with Crippen LogP contribution in [0.1, 0.15) is 26.2 Å². The number of carbonyl (C=O) groups is 1. The van der Waals surface area contributed by atoms with E-state index in [2.05, 4.69) is 30.5 Å². The molecular formula is C24H29BrN6O4S. The van der Waals surface area contributed by atoms with Gasteiger partial charge in [0.1, 0.15) is 25.6 Å². The van der Waals surface area contributed by atoms with Crippen LogP contribution in [0.5, 0.6) is 11.5 Å². The number of nitrogens with zero attached hydrogens (tertiary/aromatic N) is 5. The highest BCUT2D eigenvalue weighted by atomic mass is 79.9. The Morgan fingerprint density at radius 1 is 1.25 bits per heavy atom. The average Bonchev–Trinajstić information content (AvgIpc) is 3.25. The predicted octanol–water partition coefficient (Wildman–Crippen LogP) is 3.76. The molecule has 1 aromatic carbocycles. The van der Waals surface area contributed by atoms with E-state index in [9.17, 15) is 4.79 Å². The number of ether oxygens (including phenoxy) is 3. The van der Waals surface area contributed by atoms with Crippen molar-refractivity contribution in [2.45, 2.75) is 48.9 Å². The summed E-state index contributed by atoms with van der Waals surface area (Å²) in [4.78, 5) is 28.7. The molecule has 0 saturated carbocycles. The normalized spacial score (nSPS) is 16.9. The minimum absolute atomic E-state index is 0.0624. The summed E-state index contributed by atoms with van der Waals surface area (Å²) in [6, 6.07) is 3.90. The summed E-state index contributed by atoms with van der Waals surface area (Å²) < 4.78 is 19.7. The summed E-state index contributed by atoms with van der Waals surface area (Å²) in [5, 5.41) is 0.788. The molecule has 0 radical (unpaired) electrons. The predicted molar refractivity (Wildman–Crippen MR) is 139 cm³/mol. The quantitative estimate of drug-likeness (QED) is 0.448. The first-order chi connectivity index (χ1) is 17.4. The molecule has 36 heavy (non-hydrogen) atoms. The topological polar surface area (TPSA) is 118 Å². The molecule has 1 saturated heterocycles. The second kappa shape index (κ2) is 10.8. The van der Waals surface area contributed by atoms with E-state index in [1.54, 1.807) is 14.0 Å². The Bertz CT molecular complexity index is 1260. The molecule has 0 spiro atoms. The molecule has 0 unspecified atom stereocenters. The minimum atomic E-state index is -0.400. The number of nitrogen functional groups attached to an aromatic ring is 1. The number of halogens is 1. The van der Waals surface area contributed by atoms with Crippen LogP contribution in [0.2, 0.25) is 0 Å². The van der Waals surface area contributed by atoms with Crippen LogP contribution in [0.4, 0.5) is 5.82 Å². The van der Waals surface area contributed by atoms with Gasteiger partial charge in [0.25, 0.3) is 5.91 Å². The molecule has 4 heterocycles. The highest BCUT2D eigenvalue weighted by molar-refractivity contribution is 9.10. The van der Waals surface area contributed by atoms with Crippen LogP contribution in [0.15, 0.2) is 33.0 Å². The van der Waals surface area contributed by atoms with E-state index < -0.39 is 6.10 Å². The Hall–Kier alpha value is -2.57. The number of aryl methyl sites for hydroxylation is 1. The summed E-state index contributed by atoms with van der Waals surface area (Å²) in [6.07, 6.45) is 3.95. The van der Waals surface area contributed by atoms with Crippen molar-refractivity contribution >= 4 is 50.6 Å². The van der Waals surface area contributed by atoms with Crippen molar-refractivity contribution in [1.29, 1.82) is 0 Å². The van der Waals surface area contributed by atoms with Crippen molar-refractivity contribution in [2.24, 2.45) is 5.92 Å². The van der Waals surface area contributed by atoms with Gasteiger partial charge >= 0.3 is 0 Å². The Labute approximate surface area is 222 Å². The third-order valence-corrected chi connectivity index (χ3v) is 8.68. The van der Waals surface area contributed by atoms with Crippen LogP contribution in [0.3, 0.4) is 0 Å². The molecule has 2 aliphatic heterocycles. The number of benzene rings is 1. The molecule has 2 aromatic heterocycles. The molecule has 10 nitrogen and oxygen atoms in total. The summed E-state index contributed by atoms with van der Waals surface area (Å²) in [5.74, 6) is 2.37. The largest absolute Gasteiger partial charge is 0.486 e. The zero-order valence-electron chi connectivity index (χ0n) is 20.3. The van der Waals surface area contributed by atoms with Gasteiger partial charge in [-0.2, -0.15) is 0 Å². The number of methoxy groups -OCH3 is 1. The van der Waals surface area contributed by atoms with E-state index in [0.717, 1.165) is 70.6 Å². The van der Waals surface area contributed by atoms with Gasteiger partial charge in [0.15, 0.2) is 33.6 Å². The number of hydrogen-bond acceptors (Lipinski definition) is 9. The Kier molecular flexibility index (Phi) is 7.54. The van der Waals surface area contributed by atoms with Gasteiger partial charge in [0.2, 0.25) is 0 Å². The molecule has 1 atom stereocenters. The van der Waals surface area contributed by atoms with Crippen LogP contribution >= 0.6 is 27.7 Å². The Morgan fingerprint density at radius 3 is 2.69 bits per heavy atom. The zero-order chi connectivity index (χ0) is 25.2. The smallest absolute Gasteiger partial charge is 0.251 e. The van der Waals surface area contributed by atoms with Gasteiger partial charge in [-0.3, -0.25) is 4.79 Å². The second-order valence-electron chi connectivity index (χ2n) is 8.94. The molecule has 1 fully saturated rings. The number of aromatic nitrogens is 4. The van der Waals surface area contributed by atoms with Crippen LogP contribution in [0, 0.1) is 5.92 Å². The fourth-order valence-electron chi connectivity index (χ4n) is 4.55.